The lowest BCUT2D eigenvalue weighted by Gasteiger charge is -2.19. The molecule has 2 aromatic carbocycles. The van der Waals surface area contributed by atoms with Crippen molar-refractivity contribution in [1.82, 2.24) is 4.31 Å². The number of carbonyl (C=O) groups excluding carboxylic acids is 1. The van der Waals surface area contributed by atoms with E-state index in [0.717, 1.165) is 3.57 Å². The third-order valence-electron chi connectivity index (χ3n) is 3.88. The molecule has 2 rings (SSSR count). The fourth-order valence-corrected chi connectivity index (χ4v) is 4.61. The first-order valence-corrected chi connectivity index (χ1v) is 10.6. The number of methoxy groups -OCH3 is 1. The van der Waals surface area contributed by atoms with Gasteiger partial charge in [0.05, 0.1) is 23.3 Å². The van der Waals surface area contributed by atoms with Crippen molar-refractivity contribution < 1.29 is 17.9 Å². The van der Waals surface area contributed by atoms with Gasteiger partial charge < -0.3 is 10.1 Å². The van der Waals surface area contributed by atoms with Crippen LogP contribution in [-0.4, -0.2) is 38.8 Å². The number of nitrogens with zero attached hydrogens (tertiary/aromatic N) is 1. The number of hydrogen-bond donors (Lipinski definition) is 1. The molecule has 0 aliphatic carbocycles. The van der Waals surface area contributed by atoms with Crippen molar-refractivity contribution in [3.8, 4) is 5.75 Å². The Hall–Kier alpha value is -1.65. The van der Waals surface area contributed by atoms with Gasteiger partial charge >= 0.3 is 0 Å². The molecule has 0 saturated heterocycles. The van der Waals surface area contributed by atoms with E-state index in [4.69, 9.17) is 4.74 Å². The molecular weight excluding hydrogens is 467 g/mol. The Morgan fingerprint density at radius 2 is 1.81 bits per heavy atom. The predicted octanol–water partition coefficient (Wildman–Crippen LogP) is 3.58. The quantitative estimate of drug-likeness (QED) is 0.605. The third-order valence-corrected chi connectivity index (χ3v) is 6.87. The number of amides is 1. The summed E-state index contributed by atoms with van der Waals surface area (Å²) in [4.78, 5) is 12.7. The number of benzene rings is 2. The van der Waals surface area contributed by atoms with Crippen molar-refractivity contribution in [3.63, 3.8) is 0 Å². The Morgan fingerprint density at radius 1 is 1.15 bits per heavy atom. The molecule has 1 N–H and O–H groups in total. The van der Waals surface area contributed by atoms with Crippen LogP contribution in [0, 0.1) is 3.57 Å². The molecule has 140 valence electrons. The van der Waals surface area contributed by atoms with Crippen molar-refractivity contribution >= 4 is 44.2 Å². The van der Waals surface area contributed by atoms with Crippen LogP contribution in [0.1, 0.15) is 24.2 Å². The molecule has 0 atom stereocenters. The topological polar surface area (TPSA) is 75.7 Å². The summed E-state index contributed by atoms with van der Waals surface area (Å²) in [5, 5.41) is 2.75. The average molecular weight is 488 g/mol. The Balaban J connectivity index is 2.42. The molecule has 0 saturated carbocycles. The number of halogens is 1. The Labute approximate surface area is 167 Å². The normalized spacial score (nSPS) is 11.4. The summed E-state index contributed by atoms with van der Waals surface area (Å²) in [5.41, 5.74) is 0.817. The Morgan fingerprint density at radius 3 is 2.38 bits per heavy atom. The highest BCUT2D eigenvalue weighted by molar-refractivity contribution is 14.1. The first-order valence-electron chi connectivity index (χ1n) is 8.09. The van der Waals surface area contributed by atoms with E-state index in [1.807, 2.05) is 12.1 Å². The Bertz CT molecular complexity index is 896. The largest absolute Gasteiger partial charge is 0.495 e. The smallest absolute Gasteiger partial charge is 0.256 e. The van der Waals surface area contributed by atoms with Crippen molar-refractivity contribution in [2.24, 2.45) is 0 Å². The van der Waals surface area contributed by atoms with Gasteiger partial charge in [0.1, 0.15) is 5.75 Å². The fraction of sp³-hybridized carbons (Fsp3) is 0.278. The minimum atomic E-state index is -3.63. The number of sulfonamides is 1. The van der Waals surface area contributed by atoms with Gasteiger partial charge in [-0.2, -0.15) is 4.31 Å². The van der Waals surface area contributed by atoms with E-state index in [0.29, 0.717) is 30.1 Å². The van der Waals surface area contributed by atoms with E-state index in [1.54, 1.807) is 32.0 Å². The molecule has 1 amide bonds. The summed E-state index contributed by atoms with van der Waals surface area (Å²) < 4.78 is 32.9. The monoisotopic (exact) mass is 488 g/mol. The lowest BCUT2D eigenvalue weighted by molar-refractivity contribution is 0.102. The first-order chi connectivity index (χ1) is 12.3. The van der Waals surface area contributed by atoms with Crippen LogP contribution >= 0.6 is 22.6 Å². The molecule has 0 fully saturated rings. The molecule has 6 nitrogen and oxygen atoms in total. The minimum Gasteiger partial charge on any atom is -0.495 e. The summed E-state index contributed by atoms with van der Waals surface area (Å²) in [5.74, 6) is 0.0634. The molecule has 0 aliphatic heterocycles. The second kappa shape index (κ2) is 8.83. The molecule has 0 heterocycles. The van der Waals surface area contributed by atoms with Crippen LogP contribution in [0.5, 0.6) is 5.75 Å². The molecule has 0 aromatic heterocycles. The van der Waals surface area contributed by atoms with E-state index in [-0.39, 0.29) is 10.8 Å². The van der Waals surface area contributed by atoms with Gasteiger partial charge in [-0.15, -0.1) is 0 Å². The van der Waals surface area contributed by atoms with Crippen LogP contribution in [0.15, 0.2) is 47.4 Å². The molecule has 0 aliphatic rings. The van der Waals surface area contributed by atoms with E-state index >= 15 is 0 Å². The second-order valence-corrected chi connectivity index (χ2v) is 8.49. The summed E-state index contributed by atoms with van der Waals surface area (Å²) >= 11 is 2.08. The van der Waals surface area contributed by atoms with Gasteiger partial charge in [-0.3, -0.25) is 4.79 Å². The lowest BCUT2D eigenvalue weighted by atomic mass is 10.2. The molecule has 8 heteroatoms. The van der Waals surface area contributed by atoms with Crippen molar-refractivity contribution in [2.45, 2.75) is 18.7 Å². The zero-order valence-electron chi connectivity index (χ0n) is 14.8. The number of carbonyl (C=O) groups is 1. The Kier molecular flexibility index (Phi) is 7.01. The summed E-state index contributed by atoms with van der Waals surface area (Å²) in [6.07, 6.45) is 0. The van der Waals surface area contributed by atoms with Gasteiger partial charge in [-0.25, -0.2) is 8.42 Å². The fourth-order valence-electron chi connectivity index (χ4n) is 2.49. The molecular formula is C18H21IN2O4S. The van der Waals surface area contributed by atoms with E-state index in [2.05, 4.69) is 27.9 Å². The van der Waals surface area contributed by atoms with Crippen LogP contribution in [0.2, 0.25) is 0 Å². The molecule has 0 radical (unpaired) electrons. The maximum absolute atomic E-state index is 12.7. The van der Waals surface area contributed by atoms with Gasteiger partial charge in [-0.1, -0.05) is 26.0 Å². The van der Waals surface area contributed by atoms with Crippen molar-refractivity contribution in [1.29, 1.82) is 0 Å². The number of hydrogen-bond acceptors (Lipinski definition) is 4. The number of nitrogens with one attached hydrogen (secondary N) is 1. The maximum atomic E-state index is 12.7. The van der Waals surface area contributed by atoms with Gasteiger partial charge in [0.25, 0.3) is 5.91 Å². The molecule has 0 spiro atoms. The first kappa shape index (κ1) is 20.7. The van der Waals surface area contributed by atoms with E-state index in [1.165, 1.54) is 23.5 Å². The van der Waals surface area contributed by atoms with Crippen molar-refractivity contribution in [3.05, 3.63) is 51.6 Å². The van der Waals surface area contributed by atoms with E-state index < -0.39 is 10.0 Å². The number of anilines is 1. The van der Waals surface area contributed by atoms with Crippen molar-refractivity contribution in [2.75, 3.05) is 25.5 Å². The van der Waals surface area contributed by atoms with Crippen LogP contribution in [0.3, 0.4) is 0 Å². The van der Waals surface area contributed by atoms with Gasteiger partial charge in [0.2, 0.25) is 10.0 Å². The molecule has 0 unspecified atom stereocenters. The van der Waals surface area contributed by atoms with Gasteiger partial charge in [0.15, 0.2) is 0 Å². The third kappa shape index (κ3) is 4.36. The SMILES string of the molecule is CCN(CC)S(=O)(=O)c1ccc(OC)c(NC(=O)c2ccccc2I)c1. The van der Waals surface area contributed by atoms with Gasteiger partial charge in [0, 0.05) is 16.7 Å². The van der Waals surface area contributed by atoms with Crippen LogP contribution in [0.25, 0.3) is 0 Å². The maximum Gasteiger partial charge on any atom is 0.256 e. The lowest BCUT2D eigenvalue weighted by Crippen LogP contribution is -2.30. The van der Waals surface area contributed by atoms with E-state index in [9.17, 15) is 13.2 Å². The summed E-state index contributed by atoms with van der Waals surface area (Å²) in [7, 11) is -2.16. The minimum absolute atomic E-state index is 0.111. The highest BCUT2D eigenvalue weighted by atomic mass is 127. The highest BCUT2D eigenvalue weighted by Gasteiger charge is 2.23. The van der Waals surface area contributed by atoms with Gasteiger partial charge in [-0.05, 0) is 52.9 Å². The zero-order chi connectivity index (χ0) is 19.3. The second-order valence-electron chi connectivity index (χ2n) is 5.39. The average Bonchev–Trinajstić information content (AvgIpc) is 2.62. The van der Waals surface area contributed by atoms with Crippen LogP contribution < -0.4 is 10.1 Å². The number of rotatable bonds is 7. The molecule has 26 heavy (non-hydrogen) atoms. The molecule has 0 bridgehead atoms. The zero-order valence-corrected chi connectivity index (χ0v) is 17.8. The standard InChI is InChI=1S/C18H21IN2O4S/c1-4-21(5-2)26(23,24)13-10-11-17(25-3)16(12-13)20-18(22)14-8-6-7-9-15(14)19/h6-12H,4-5H2,1-3H3,(H,20,22). The summed E-state index contributed by atoms with van der Waals surface area (Å²) in [6, 6.07) is 11.6. The highest BCUT2D eigenvalue weighted by Crippen LogP contribution is 2.29. The van der Waals surface area contributed by atoms with Crippen LogP contribution in [0.4, 0.5) is 5.69 Å². The molecule has 2 aromatic rings. The van der Waals surface area contributed by atoms with Crippen LogP contribution in [-0.2, 0) is 10.0 Å². The number of ether oxygens (including phenoxy) is 1. The summed E-state index contributed by atoms with van der Waals surface area (Å²) in [6.45, 7) is 4.30. The predicted molar refractivity (Wildman–Crippen MR) is 110 cm³/mol.